The SMILES string of the molecule is CCC#CC[C@H](C)[C@@H](C)/C=C/[C@H]1CC(F)(F)C(=O)N1CCCCCCC(=O)OC. The average molecular weight is 412 g/mol. The highest BCUT2D eigenvalue weighted by Crippen LogP contribution is 2.34. The summed E-state index contributed by atoms with van der Waals surface area (Å²) in [7, 11) is 1.36. The Morgan fingerprint density at radius 3 is 2.62 bits per heavy atom. The smallest absolute Gasteiger partial charge is 0.327 e. The molecule has 29 heavy (non-hydrogen) atoms. The zero-order chi connectivity index (χ0) is 21.9. The van der Waals surface area contributed by atoms with Gasteiger partial charge in [-0.15, -0.1) is 11.8 Å². The van der Waals surface area contributed by atoms with Crippen LogP contribution in [0.15, 0.2) is 12.2 Å². The summed E-state index contributed by atoms with van der Waals surface area (Å²) >= 11 is 0. The lowest BCUT2D eigenvalue weighted by molar-refractivity contribution is -0.148. The second kappa shape index (κ2) is 12.6. The molecule has 0 aromatic heterocycles. The van der Waals surface area contributed by atoms with E-state index in [1.165, 1.54) is 12.0 Å². The minimum absolute atomic E-state index is 0.200. The van der Waals surface area contributed by atoms with E-state index in [9.17, 15) is 18.4 Å². The predicted octanol–water partition coefficient (Wildman–Crippen LogP) is 4.98. The van der Waals surface area contributed by atoms with Gasteiger partial charge in [-0.1, -0.05) is 45.8 Å². The van der Waals surface area contributed by atoms with Crippen LogP contribution in [0.25, 0.3) is 0 Å². The molecule has 0 bridgehead atoms. The van der Waals surface area contributed by atoms with Crippen LogP contribution in [-0.4, -0.2) is 42.4 Å². The molecule has 0 radical (unpaired) electrons. The van der Waals surface area contributed by atoms with Crippen LogP contribution < -0.4 is 0 Å². The van der Waals surface area contributed by atoms with Crippen LogP contribution in [0.3, 0.4) is 0 Å². The Bertz CT molecular complexity index is 621. The molecule has 0 saturated carbocycles. The molecule has 1 heterocycles. The van der Waals surface area contributed by atoms with Crippen LogP contribution in [0, 0.1) is 23.7 Å². The molecule has 0 aliphatic carbocycles. The van der Waals surface area contributed by atoms with Crippen molar-refractivity contribution in [3.05, 3.63) is 12.2 Å². The van der Waals surface area contributed by atoms with Gasteiger partial charge in [0.05, 0.1) is 13.2 Å². The maximum absolute atomic E-state index is 14.0. The van der Waals surface area contributed by atoms with Crippen molar-refractivity contribution in [1.82, 2.24) is 4.90 Å². The lowest BCUT2D eigenvalue weighted by Crippen LogP contribution is -2.36. The van der Waals surface area contributed by atoms with Crippen LogP contribution >= 0.6 is 0 Å². The number of esters is 1. The molecule has 0 spiro atoms. The molecule has 1 rings (SSSR count). The number of halogens is 2. The second-order valence-electron chi connectivity index (χ2n) is 7.85. The Hall–Kier alpha value is -1.90. The van der Waals surface area contributed by atoms with Crippen molar-refractivity contribution in [3.63, 3.8) is 0 Å². The van der Waals surface area contributed by atoms with Crippen molar-refractivity contribution in [2.45, 2.75) is 84.1 Å². The van der Waals surface area contributed by atoms with E-state index in [0.29, 0.717) is 31.7 Å². The highest BCUT2D eigenvalue weighted by Gasteiger charge is 2.52. The predicted molar refractivity (Wildman–Crippen MR) is 110 cm³/mol. The Kier molecular flexibility index (Phi) is 10.9. The topological polar surface area (TPSA) is 46.6 Å². The van der Waals surface area contributed by atoms with Gasteiger partial charge in [0.25, 0.3) is 5.91 Å². The van der Waals surface area contributed by atoms with Gasteiger partial charge >= 0.3 is 11.9 Å². The van der Waals surface area contributed by atoms with E-state index >= 15 is 0 Å². The summed E-state index contributed by atoms with van der Waals surface area (Å²) in [6, 6.07) is -0.566. The van der Waals surface area contributed by atoms with Crippen molar-refractivity contribution in [3.8, 4) is 11.8 Å². The van der Waals surface area contributed by atoms with Crippen molar-refractivity contribution in [2.75, 3.05) is 13.7 Å². The number of hydrogen-bond acceptors (Lipinski definition) is 3. The first-order valence-electron chi connectivity index (χ1n) is 10.6. The number of likely N-dealkylation sites (tertiary alicyclic amines) is 1. The van der Waals surface area contributed by atoms with Gasteiger partial charge in [-0.05, 0) is 24.7 Å². The number of carbonyl (C=O) groups is 2. The molecule has 0 unspecified atom stereocenters. The fraction of sp³-hybridized carbons (Fsp3) is 0.739. The maximum Gasteiger partial charge on any atom is 0.327 e. The van der Waals surface area contributed by atoms with Crippen molar-refractivity contribution in [1.29, 1.82) is 0 Å². The van der Waals surface area contributed by atoms with Crippen LogP contribution in [0.5, 0.6) is 0 Å². The first-order valence-corrected chi connectivity index (χ1v) is 10.6. The zero-order valence-electron chi connectivity index (χ0n) is 18.2. The lowest BCUT2D eigenvalue weighted by Gasteiger charge is -2.22. The number of nitrogens with zero attached hydrogens (tertiary/aromatic N) is 1. The van der Waals surface area contributed by atoms with E-state index in [2.05, 4.69) is 30.4 Å². The molecule has 1 aliphatic rings. The quantitative estimate of drug-likeness (QED) is 0.209. The van der Waals surface area contributed by atoms with Gasteiger partial charge in [0, 0.05) is 32.2 Å². The number of unbranched alkanes of at least 4 members (excludes halogenated alkanes) is 3. The zero-order valence-corrected chi connectivity index (χ0v) is 18.2. The molecule has 1 aliphatic heterocycles. The molecule has 3 atom stereocenters. The Morgan fingerprint density at radius 1 is 1.28 bits per heavy atom. The van der Waals surface area contributed by atoms with E-state index in [0.717, 1.165) is 25.7 Å². The normalized spacial score (nSPS) is 20.4. The minimum Gasteiger partial charge on any atom is -0.469 e. The number of methoxy groups -OCH3 is 1. The second-order valence-corrected chi connectivity index (χ2v) is 7.85. The summed E-state index contributed by atoms with van der Waals surface area (Å²) in [4.78, 5) is 24.5. The molecule has 1 saturated heterocycles. The van der Waals surface area contributed by atoms with Gasteiger partial charge in [-0.2, -0.15) is 8.78 Å². The average Bonchev–Trinajstić information content (AvgIpc) is 2.91. The van der Waals surface area contributed by atoms with Crippen molar-refractivity contribution < 1.29 is 23.1 Å². The summed E-state index contributed by atoms with van der Waals surface area (Å²) in [5.74, 6) is 2.10. The molecular formula is C23H35F2NO3. The van der Waals surface area contributed by atoms with Crippen LogP contribution in [-0.2, 0) is 14.3 Å². The molecule has 6 heteroatoms. The Morgan fingerprint density at radius 2 is 1.97 bits per heavy atom. The summed E-state index contributed by atoms with van der Waals surface area (Å²) in [6.45, 7) is 6.47. The van der Waals surface area contributed by atoms with Crippen LogP contribution in [0.1, 0.15) is 72.1 Å². The number of hydrogen-bond donors (Lipinski definition) is 0. The van der Waals surface area contributed by atoms with Crippen molar-refractivity contribution in [2.24, 2.45) is 11.8 Å². The monoisotopic (exact) mass is 411 g/mol. The Balaban J connectivity index is 2.56. The molecule has 0 aromatic rings. The van der Waals surface area contributed by atoms with Gasteiger partial charge in [0.1, 0.15) is 0 Å². The van der Waals surface area contributed by atoms with Gasteiger partial charge in [-0.3, -0.25) is 9.59 Å². The third kappa shape index (κ3) is 8.55. The first kappa shape index (κ1) is 25.1. The number of amides is 1. The van der Waals surface area contributed by atoms with Gasteiger partial charge in [0.15, 0.2) is 0 Å². The van der Waals surface area contributed by atoms with Crippen LogP contribution in [0.4, 0.5) is 8.78 Å². The highest BCUT2D eigenvalue weighted by atomic mass is 19.3. The van der Waals surface area contributed by atoms with E-state index in [1.54, 1.807) is 6.08 Å². The highest BCUT2D eigenvalue weighted by molar-refractivity contribution is 5.86. The molecule has 1 fully saturated rings. The van der Waals surface area contributed by atoms with Gasteiger partial charge < -0.3 is 9.64 Å². The van der Waals surface area contributed by atoms with Gasteiger partial charge in [0.2, 0.25) is 0 Å². The lowest BCUT2D eigenvalue weighted by atomic mass is 9.92. The largest absolute Gasteiger partial charge is 0.469 e. The summed E-state index contributed by atoms with van der Waals surface area (Å²) in [5.41, 5.74) is 0. The summed E-state index contributed by atoms with van der Waals surface area (Å²) in [6.07, 6.45) is 8.16. The molecule has 0 aromatic carbocycles. The maximum atomic E-state index is 14.0. The van der Waals surface area contributed by atoms with E-state index in [-0.39, 0.29) is 11.9 Å². The molecule has 4 nitrogen and oxygen atoms in total. The number of alkyl halides is 2. The number of carbonyl (C=O) groups excluding carboxylic acids is 2. The fourth-order valence-electron chi connectivity index (χ4n) is 3.30. The fourth-order valence-corrected chi connectivity index (χ4v) is 3.30. The van der Waals surface area contributed by atoms with Crippen molar-refractivity contribution >= 4 is 11.9 Å². The standard InChI is InChI=1S/C23H35F2NO3/c1-5-6-9-12-18(2)19(3)14-15-20-17-23(24,25)22(28)26(20)16-11-8-7-10-13-21(27)29-4/h14-15,18-20H,5,7-8,10-13,16-17H2,1-4H3/b15-14+/t18-,19-,20-/m0/s1. The molecule has 1 amide bonds. The minimum atomic E-state index is -3.29. The number of rotatable bonds is 11. The molecule has 164 valence electrons. The van der Waals surface area contributed by atoms with E-state index in [1.807, 2.05) is 13.0 Å². The summed E-state index contributed by atoms with van der Waals surface area (Å²) < 4.78 is 32.6. The third-order valence-corrected chi connectivity index (χ3v) is 5.46. The summed E-state index contributed by atoms with van der Waals surface area (Å²) in [5, 5.41) is 0. The van der Waals surface area contributed by atoms with Crippen LogP contribution in [0.2, 0.25) is 0 Å². The van der Waals surface area contributed by atoms with E-state index < -0.39 is 24.3 Å². The third-order valence-electron chi connectivity index (χ3n) is 5.46. The first-order chi connectivity index (χ1) is 13.7. The van der Waals surface area contributed by atoms with Gasteiger partial charge in [-0.25, -0.2) is 0 Å². The Labute approximate surface area is 174 Å². The number of allylic oxidation sites excluding steroid dienone is 1. The molecule has 0 N–H and O–H groups in total. The molecular weight excluding hydrogens is 376 g/mol. The number of ether oxygens (including phenoxy) is 1. The van der Waals surface area contributed by atoms with E-state index in [4.69, 9.17) is 0 Å².